The third-order valence-corrected chi connectivity index (χ3v) is 1.51. The van der Waals surface area contributed by atoms with Crippen molar-refractivity contribution in [3.63, 3.8) is 0 Å². The minimum atomic E-state index is -5.95. The zero-order chi connectivity index (χ0) is 11.9. The summed E-state index contributed by atoms with van der Waals surface area (Å²) in [6, 6.07) is 0.225. The molecule has 1 heterocycles. The Balaban J connectivity index is 3.28. The highest BCUT2D eigenvalue weighted by Crippen LogP contribution is 2.44. The Kier molecular flexibility index (Phi) is 2.62. The van der Waals surface area contributed by atoms with Gasteiger partial charge in [-0.15, -0.1) is 0 Å². The second-order valence-electron chi connectivity index (χ2n) is 2.54. The number of nitrogens with zero attached hydrogens (tertiary/aromatic N) is 1. The van der Waals surface area contributed by atoms with Crippen molar-refractivity contribution in [1.82, 2.24) is 4.98 Å². The molecule has 1 aromatic heterocycles. The molecule has 0 unspecified atom stereocenters. The summed E-state index contributed by atoms with van der Waals surface area (Å²) in [5, 5.41) is 0. The number of rotatable bonds is 1. The van der Waals surface area contributed by atoms with E-state index in [1.54, 1.807) is 0 Å². The van der Waals surface area contributed by atoms with Crippen molar-refractivity contribution in [2.24, 2.45) is 0 Å². The molecule has 0 spiro atoms. The molecule has 0 saturated carbocycles. The summed E-state index contributed by atoms with van der Waals surface area (Å²) in [5.41, 5.74) is -2.00. The Labute approximate surface area is 78.5 Å². The lowest BCUT2D eigenvalue weighted by atomic mass is 10.1. The lowest BCUT2D eigenvalue weighted by molar-refractivity contribution is -0.290. The fourth-order valence-electron chi connectivity index (χ4n) is 0.799. The van der Waals surface area contributed by atoms with Crippen molar-refractivity contribution in [3.05, 3.63) is 29.6 Å². The van der Waals surface area contributed by atoms with Crippen LogP contribution in [-0.4, -0.2) is 11.2 Å². The summed E-state index contributed by atoms with van der Waals surface area (Å²) in [5.74, 6) is -9.05. The molecule has 0 atom stereocenters. The molecule has 0 aromatic carbocycles. The van der Waals surface area contributed by atoms with Gasteiger partial charge in [-0.3, -0.25) is 0 Å². The van der Waals surface area contributed by atoms with Crippen LogP contribution in [0.3, 0.4) is 0 Å². The molecule has 0 radical (unpaired) electrons. The average Bonchev–Trinajstić information content (AvgIpc) is 2.00. The minimum Gasteiger partial charge on any atom is -0.191 e. The first-order chi connectivity index (χ1) is 6.66. The van der Waals surface area contributed by atoms with Crippen LogP contribution >= 0.6 is 0 Å². The highest BCUT2D eigenvalue weighted by molar-refractivity contribution is 5.19. The van der Waals surface area contributed by atoms with Crippen LogP contribution in [0.1, 0.15) is 5.56 Å². The van der Waals surface area contributed by atoms with Gasteiger partial charge < -0.3 is 0 Å². The van der Waals surface area contributed by atoms with E-state index in [4.69, 9.17) is 0 Å². The Morgan fingerprint density at radius 3 is 1.87 bits per heavy atom. The first kappa shape index (κ1) is 11.7. The molecule has 84 valence electrons. The molecule has 0 N–H and O–H groups in total. The number of halogens is 7. The van der Waals surface area contributed by atoms with E-state index < -0.39 is 29.6 Å². The van der Waals surface area contributed by atoms with Crippen LogP contribution < -0.4 is 0 Å². The normalized spacial score (nSPS) is 13.0. The molecule has 1 nitrogen and oxygen atoms in total. The molecule has 1 rings (SSSR count). The summed E-state index contributed by atoms with van der Waals surface area (Å²) in [4.78, 5) is 2.24. The summed E-state index contributed by atoms with van der Waals surface area (Å²) in [6.07, 6.45) is -5.95. The van der Waals surface area contributed by atoms with Crippen LogP contribution in [0.2, 0.25) is 0 Å². The predicted molar refractivity (Wildman–Crippen MR) is 34.1 cm³/mol. The van der Waals surface area contributed by atoms with Gasteiger partial charge in [-0.25, -0.2) is 0 Å². The third-order valence-electron chi connectivity index (χ3n) is 1.51. The summed E-state index contributed by atoms with van der Waals surface area (Å²) < 4.78 is 85.0. The molecule has 0 aliphatic heterocycles. The fourth-order valence-corrected chi connectivity index (χ4v) is 0.799. The largest absolute Gasteiger partial charge is 0.458 e. The molecule has 0 saturated heterocycles. The highest BCUT2D eigenvalue weighted by Gasteiger charge is 2.60. The van der Waals surface area contributed by atoms with Gasteiger partial charge in [-0.2, -0.15) is 35.7 Å². The molecular weight excluding hydrogens is 231 g/mol. The van der Waals surface area contributed by atoms with Crippen LogP contribution in [0.4, 0.5) is 30.7 Å². The van der Waals surface area contributed by atoms with Crippen LogP contribution in [0, 0.1) is 11.9 Å². The van der Waals surface area contributed by atoms with Crippen molar-refractivity contribution in [1.29, 1.82) is 0 Å². The van der Waals surface area contributed by atoms with Crippen molar-refractivity contribution in [2.75, 3.05) is 0 Å². The van der Waals surface area contributed by atoms with E-state index in [1.807, 2.05) is 0 Å². The summed E-state index contributed by atoms with van der Waals surface area (Å²) in [6.45, 7) is 0. The van der Waals surface area contributed by atoms with Crippen molar-refractivity contribution in [3.8, 4) is 0 Å². The van der Waals surface area contributed by atoms with Crippen molar-refractivity contribution < 1.29 is 30.7 Å². The van der Waals surface area contributed by atoms with Gasteiger partial charge in [0.2, 0.25) is 11.9 Å². The lowest BCUT2D eigenvalue weighted by Gasteiger charge is -2.19. The van der Waals surface area contributed by atoms with E-state index in [9.17, 15) is 30.7 Å². The third kappa shape index (κ3) is 2.02. The molecular formula is C7H2F7N. The maximum absolute atomic E-state index is 12.5. The number of pyridine rings is 1. The molecule has 0 aliphatic carbocycles. The summed E-state index contributed by atoms with van der Waals surface area (Å²) in [7, 11) is 0. The minimum absolute atomic E-state index is 0.00512. The Morgan fingerprint density at radius 1 is 0.933 bits per heavy atom. The van der Waals surface area contributed by atoms with Gasteiger partial charge in [-0.05, 0) is 12.1 Å². The first-order valence-electron chi connectivity index (χ1n) is 3.43. The first-order valence-corrected chi connectivity index (χ1v) is 3.43. The second kappa shape index (κ2) is 3.35. The molecule has 0 bridgehead atoms. The van der Waals surface area contributed by atoms with Gasteiger partial charge >= 0.3 is 12.1 Å². The highest BCUT2D eigenvalue weighted by atomic mass is 19.4. The van der Waals surface area contributed by atoms with Crippen LogP contribution in [-0.2, 0) is 5.92 Å². The molecule has 1 aromatic rings. The zero-order valence-electron chi connectivity index (χ0n) is 6.75. The van der Waals surface area contributed by atoms with Gasteiger partial charge in [0.15, 0.2) is 0 Å². The summed E-state index contributed by atoms with van der Waals surface area (Å²) >= 11 is 0. The SMILES string of the molecule is Fc1ccc(C(F)(F)C(F)(F)F)c(F)n1. The average molecular weight is 233 g/mol. The van der Waals surface area contributed by atoms with Gasteiger partial charge in [-0.1, -0.05) is 0 Å². The molecule has 0 aliphatic rings. The lowest BCUT2D eigenvalue weighted by Crippen LogP contribution is -2.34. The molecule has 0 fully saturated rings. The maximum atomic E-state index is 12.5. The Morgan fingerprint density at radius 2 is 1.47 bits per heavy atom. The number of hydrogen-bond acceptors (Lipinski definition) is 1. The van der Waals surface area contributed by atoms with Crippen LogP contribution in [0.5, 0.6) is 0 Å². The maximum Gasteiger partial charge on any atom is 0.458 e. The quantitative estimate of drug-likeness (QED) is 0.536. The van der Waals surface area contributed by atoms with E-state index in [0.29, 0.717) is 0 Å². The van der Waals surface area contributed by atoms with Crippen molar-refractivity contribution >= 4 is 0 Å². The van der Waals surface area contributed by atoms with Crippen molar-refractivity contribution in [2.45, 2.75) is 12.1 Å². The van der Waals surface area contributed by atoms with Crippen LogP contribution in [0.15, 0.2) is 12.1 Å². The van der Waals surface area contributed by atoms with E-state index >= 15 is 0 Å². The van der Waals surface area contributed by atoms with Gasteiger partial charge in [0.05, 0.1) is 5.56 Å². The monoisotopic (exact) mass is 233 g/mol. The number of alkyl halides is 5. The second-order valence-corrected chi connectivity index (χ2v) is 2.54. The molecule has 15 heavy (non-hydrogen) atoms. The molecule has 8 heteroatoms. The standard InChI is InChI=1S/C7H2F7N/c8-4-2-1-3(5(9)15-4)6(10,11)7(12,13)14/h1-2H. The predicted octanol–water partition coefficient (Wildman–Crippen LogP) is 3.01. The Bertz CT molecular complexity index is 370. The topological polar surface area (TPSA) is 12.9 Å². The van der Waals surface area contributed by atoms with E-state index in [-0.39, 0.29) is 12.1 Å². The van der Waals surface area contributed by atoms with E-state index in [2.05, 4.69) is 4.98 Å². The number of hydrogen-bond donors (Lipinski definition) is 0. The number of aromatic nitrogens is 1. The van der Waals surface area contributed by atoms with Gasteiger partial charge in [0.1, 0.15) is 0 Å². The van der Waals surface area contributed by atoms with E-state index in [0.717, 1.165) is 0 Å². The van der Waals surface area contributed by atoms with Crippen LogP contribution in [0.25, 0.3) is 0 Å². The fraction of sp³-hybridized carbons (Fsp3) is 0.286. The zero-order valence-corrected chi connectivity index (χ0v) is 6.75. The smallest absolute Gasteiger partial charge is 0.191 e. The van der Waals surface area contributed by atoms with E-state index in [1.165, 1.54) is 0 Å². The van der Waals surface area contributed by atoms with Gasteiger partial charge in [0, 0.05) is 0 Å². The molecule has 0 amide bonds. The Hall–Kier alpha value is -1.34. The van der Waals surface area contributed by atoms with Gasteiger partial charge in [0.25, 0.3) is 0 Å².